The number of rotatable bonds is 4. The van der Waals surface area contributed by atoms with Gasteiger partial charge in [0, 0.05) is 29.9 Å². The second kappa shape index (κ2) is 7.00. The summed E-state index contributed by atoms with van der Waals surface area (Å²) in [5.41, 5.74) is -3.27. The summed E-state index contributed by atoms with van der Waals surface area (Å²) in [5, 5.41) is 12.3. The average Bonchev–Trinajstić information content (AvgIpc) is 2.66. The Morgan fingerprint density at radius 2 is 1.68 bits per heavy atom. The van der Waals surface area contributed by atoms with Gasteiger partial charge >= 0.3 is 10.2 Å². The van der Waals surface area contributed by atoms with E-state index in [9.17, 15) is 41.4 Å². The molecule has 1 heterocycles. The molecule has 1 fully saturated rings. The highest BCUT2D eigenvalue weighted by molar-refractivity contribution is 8.45. The van der Waals surface area contributed by atoms with E-state index in [4.69, 9.17) is 5.41 Å². The van der Waals surface area contributed by atoms with Gasteiger partial charge in [-0.1, -0.05) is 19.4 Å². The molecular formula is C18H17F7N4O3S2. The minimum Gasteiger partial charge on any atom is -0.345 e. The first kappa shape index (κ1) is 25.6. The molecule has 0 saturated carbocycles. The number of anilines is 1. The molecule has 2 aromatic rings. The number of nitrogens with one attached hydrogen (secondary N) is 3. The van der Waals surface area contributed by atoms with Crippen molar-refractivity contribution in [2.45, 2.75) is 17.4 Å². The smallest absolute Gasteiger partial charge is 0.310 e. The first-order valence-electron chi connectivity index (χ1n) is 9.11. The summed E-state index contributed by atoms with van der Waals surface area (Å²) in [7, 11) is -12.9. The van der Waals surface area contributed by atoms with Gasteiger partial charge in [0.15, 0.2) is 11.6 Å². The Morgan fingerprint density at radius 1 is 1.12 bits per heavy atom. The molecular weight excluding hydrogens is 517 g/mol. The molecule has 0 unspecified atom stereocenters. The lowest BCUT2D eigenvalue weighted by molar-refractivity contribution is 0.102. The van der Waals surface area contributed by atoms with Crippen molar-refractivity contribution in [3.05, 3.63) is 59.2 Å². The van der Waals surface area contributed by atoms with Crippen molar-refractivity contribution in [3.63, 3.8) is 0 Å². The molecule has 1 amide bonds. The number of carbonyl (C=O) groups excluding carboxylic acids is 1. The van der Waals surface area contributed by atoms with Gasteiger partial charge in [0.1, 0.15) is 4.90 Å². The van der Waals surface area contributed by atoms with Crippen molar-refractivity contribution in [3.8, 4) is 0 Å². The highest BCUT2D eigenvalue weighted by Gasteiger charge is 2.65. The Morgan fingerprint density at radius 3 is 2.18 bits per heavy atom. The minimum atomic E-state index is -9.95. The molecule has 0 aliphatic carbocycles. The number of hydrogen-bond acceptors (Lipinski definition) is 4. The normalized spacial score (nSPS) is 22.4. The number of carbonyl (C=O) groups is 1. The zero-order chi connectivity index (χ0) is 26.0. The predicted molar refractivity (Wildman–Crippen MR) is 112 cm³/mol. The second-order valence-electron chi connectivity index (χ2n) is 7.80. The molecule has 0 spiro atoms. The van der Waals surface area contributed by atoms with Gasteiger partial charge in [-0.3, -0.25) is 10.2 Å². The molecule has 0 aromatic heterocycles. The van der Waals surface area contributed by atoms with E-state index < -0.39 is 76.8 Å². The number of sulfonamides is 1. The zero-order valence-electron chi connectivity index (χ0n) is 17.3. The number of nitrogens with zero attached hydrogens (tertiary/aromatic N) is 1. The summed E-state index contributed by atoms with van der Waals surface area (Å²) in [5.74, 6) is -5.47. The van der Waals surface area contributed by atoms with Gasteiger partial charge < -0.3 is 10.6 Å². The number of halogens is 7. The van der Waals surface area contributed by atoms with Crippen LogP contribution in [0.4, 0.5) is 33.9 Å². The van der Waals surface area contributed by atoms with Crippen LogP contribution in [0.1, 0.15) is 22.8 Å². The number of benzene rings is 2. The third-order valence-electron chi connectivity index (χ3n) is 5.04. The van der Waals surface area contributed by atoms with Crippen LogP contribution in [0, 0.1) is 17.0 Å². The highest BCUT2D eigenvalue weighted by Crippen LogP contribution is 3.02. The van der Waals surface area contributed by atoms with Crippen LogP contribution < -0.4 is 10.6 Å². The Balaban J connectivity index is 1.95. The first-order chi connectivity index (χ1) is 15.1. The number of hydrogen-bond donors (Lipinski definition) is 3. The van der Waals surface area contributed by atoms with Gasteiger partial charge in [0.25, 0.3) is 5.91 Å². The van der Waals surface area contributed by atoms with Crippen molar-refractivity contribution in [2.75, 3.05) is 18.1 Å². The van der Waals surface area contributed by atoms with Crippen LogP contribution in [0.15, 0.2) is 41.3 Å². The molecule has 1 saturated heterocycles. The third kappa shape index (κ3) is 4.91. The average molecular weight is 534 g/mol. The molecule has 1 aliphatic heterocycles. The molecule has 0 radical (unpaired) electrons. The molecule has 1 atom stereocenters. The molecule has 16 heteroatoms. The van der Waals surface area contributed by atoms with Crippen LogP contribution in [-0.4, -0.2) is 37.4 Å². The standard InChI is InChI=1S/C18H17F7N4O3S2/c1-18(9-33(31,32)29(2)17(26)28-18)13-7-11(8-14(19)15(13)20)27-16(30)10-3-5-12(6-4-10)34(21,22,23,24)25/h3-8H,9H2,1-2H3,(H2,26,28)(H,27,30)/t18-/m0/s1. The summed E-state index contributed by atoms with van der Waals surface area (Å²) in [4.78, 5) is 10.1. The van der Waals surface area contributed by atoms with E-state index >= 15 is 0 Å². The Bertz CT molecular complexity index is 1320. The van der Waals surface area contributed by atoms with Crippen LogP contribution in [0.2, 0.25) is 0 Å². The lowest BCUT2D eigenvalue weighted by Gasteiger charge is -2.40. The lowest BCUT2D eigenvalue weighted by Crippen LogP contribution is -2.61. The molecule has 2 aromatic carbocycles. The SMILES string of the molecule is CN1C(=N)N[C@](C)(c2cc(NC(=O)c3ccc(S(F)(F)(F)(F)F)cc3)cc(F)c2F)CS1(=O)=O. The molecule has 1 aliphatic rings. The molecule has 188 valence electrons. The molecule has 34 heavy (non-hydrogen) atoms. The quantitative estimate of drug-likeness (QED) is 0.486. The Labute approximate surface area is 189 Å². The summed E-state index contributed by atoms with van der Waals surface area (Å²) >= 11 is 0. The first-order valence-corrected chi connectivity index (χ1v) is 12.7. The largest absolute Gasteiger partial charge is 0.345 e. The second-order valence-corrected chi connectivity index (χ2v) is 12.2. The van der Waals surface area contributed by atoms with Gasteiger partial charge in [0.05, 0.1) is 11.3 Å². The number of guanidine groups is 1. The van der Waals surface area contributed by atoms with Crippen LogP contribution in [0.25, 0.3) is 0 Å². The molecule has 7 nitrogen and oxygen atoms in total. The van der Waals surface area contributed by atoms with Crippen molar-refractivity contribution in [1.29, 1.82) is 5.41 Å². The maximum Gasteiger partial charge on any atom is 0.310 e. The van der Waals surface area contributed by atoms with E-state index in [2.05, 4.69) is 10.6 Å². The van der Waals surface area contributed by atoms with Crippen molar-refractivity contribution in [1.82, 2.24) is 9.62 Å². The van der Waals surface area contributed by atoms with E-state index in [1.165, 1.54) is 6.92 Å². The third-order valence-corrected chi connectivity index (χ3v) is 8.16. The van der Waals surface area contributed by atoms with E-state index in [1.807, 2.05) is 0 Å². The molecule has 3 rings (SSSR count). The van der Waals surface area contributed by atoms with E-state index in [-0.39, 0.29) is 12.1 Å². The van der Waals surface area contributed by atoms with E-state index in [0.29, 0.717) is 22.5 Å². The maximum atomic E-state index is 14.6. The monoisotopic (exact) mass is 534 g/mol. The van der Waals surface area contributed by atoms with Crippen LogP contribution in [0.3, 0.4) is 0 Å². The van der Waals surface area contributed by atoms with Gasteiger partial charge in [-0.2, -0.15) is 0 Å². The predicted octanol–water partition coefficient (Wildman–Crippen LogP) is 4.89. The van der Waals surface area contributed by atoms with E-state index in [1.54, 1.807) is 0 Å². The fourth-order valence-electron chi connectivity index (χ4n) is 3.25. The van der Waals surface area contributed by atoms with Gasteiger partial charge in [-0.05, 0) is 37.3 Å². The van der Waals surface area contributed by atoms with Crippen LogP contribution in [-0.2, 0) is 15.6 Å². The fraction of sp³-hybridized carbons (Fsp3) is 0.222. The highest BCUT2D eigenvalue weighted by atomic mass is 32.5. The topological polar surface area (TPSA) is 102 Å². The van der Waals surface area contributed by atoms with Crippen LogP contribution in [0.5, 0.6) is 0 Å². The Hall–Kier alpha value is -3.01. The van der Waals surface area contributed by atoms with Gasteiger partial charge in [0.2, 0.25) is 16.0 Å². The van der Waals surface area contributed by atoms with Crippen LogP contribution >= 0.6 is 10.2 Å². The van der Waals surface area contributed by atoms with Gasteiger partial charge in [-0.15, -0.1) is 0 Å². The van der Waals surface area contributed by atoms with Crippen molar-refractivity contribution >= 4 is 37.8 Å². The lowest BCUT2D eigenvalue weighted by atomic mass is 9.92. The van der Waals surface area contributed by atoms with Gasteiger partial charge in [-0.25, -0.2) is 21.5 Å². The Kier molecular flexibility index (Phi) is 5.28. The zero-order valence-corrected chi connectivity index (χ0v) is 18.9. The molecule has 0 bridgehead atoms. The molecule has 3 N–H and O–H groups in total. The number of amides is 1. The summed E-state index contributed by atoms with van der Waals surface area (Å²) in [6.07, 6.45) is 0. The summed E-state index contributed by atoms with van der Waals surface area (Å²) in [6, 6.07) is 2.44. The summed E-state index contributed by atoms with van der Waals surface area (Å²) < 4.78 is 118. The van der Waals surface area contributed by atoms with Crippen molar-refractivity contribution in [2.24, 2.45) is 0 Å². The fourth-order valence-corrected chi connectivity index (χ4v) is 5.38. The van der Waals surface area contributed by atoms with Crippen molar-refractivity contribution < 1.29 is 41.4 Å². The minimum absolute atomic E-state index is 0.0209. The van der Waals surface area contributed by atoms with E-state index in [0.717, 1.165) is 13.1 Å². The maximum absolute atomic E-state index is 14.6. The summed E-state index contributed by atoms with van der Waals surface area (Å²) in [6.45, 7) is 1.19.